The average molecular weight is 363 g/mol. The van der Waals surface area contributed by atoms with Gasteiger partial charge in [0.2, 0.25) is 5.91 Å². The number of hydrogen-bond acceptors (Lipinski definition) is 3. The summed E-state index contributed by atoms with van der Waals surface area (Å²) in [4.78, 5) is 12.5. The summed E-state index contributed by atoms with van der Waals surface area (Å²) < 4.78 is 1.92. The van der Waals surface area contributed by atoms with Crippen LogP contribution in [0.4, 0.5) is 5.82 Å². The molecular weight excluding hydrogens is 338 g/mol. The molecule has 4 rings (SSSR count). The number of aryl methyl sites for hydroxylation is 4. The van der Waals surface area contributed by atoms with Crippen LogP contribution < -0.4 is 5.32 Å². The molecular formula is C21H25N5O. The Labute approximate surface area is 159 Å². The number of nitrogens with zero attached hydrogens (tertiary/aromatic N) is 3. The van der Waals surface area contributed by atoms with Crippen LogP contribution in [0.25, 0.3) is 11.3 Å². The van der Waals surface area contributed by atoms with Gasteiger partial charge in [-0.2, -0.15) is 10.2 Å². The molecule has 0 saturated carbocycles. The lowest BCUT2D eigenvalue weighted by Gasteiger charge is -2.24. The minimum absolute atomic E-state index is 0.0258. The second kappa shape index (κ2) is 6.68. The van der Waals surface area contributed by atoms with Gasteiger partial charge in [0, 0.05) is 35.6 Å². The summed E-state index contributed by atoms with van der Waals surface area (Å²) in [5.74, 6) is 0.814. The quantitative estimate of drug-likeness (QED) is 0.733. The van der Waals surface area contributed by atoms with Gasteiger partial charge in [-0.3, -0.25) is 9.89 Å². The molecule has 1 unspecified atom stereocenters. The van der Waals surface area contributed by atoms with E-state index in [0.717, 1.165) is 46.9 Å². The number of carbonyl (C=O) groups is 1. The van der Waals surface area contributed by atoms with E-state index in [1.807, 2.05) is 17.8 Å². The number of aromatic nitrogens is 4. The summed E-state index contributed by atoms with van der Waals surface area (Å²) in [5, 5.41) is 15.2. The van der Waals surface area contributed by atoms with E-state index in [2.05, 4.69) is 59.6 Å². The predicted molar refractivity (Wildman–Crippen MR) is 106 cm³/mol. The van der Waals surface area contributed by atoms with E-state index in [9.17, 15) is 4.79 Å². The van der Waals surface area contributed by atoms with Crippen molar-refractivity contribution in [2.24, 2.45) is 0 Å². The van der Waals surface area contributed by atoms with Crippen LogP contribution in [0.1, 0.15) is 53.6 Å². The highest BCUT2D eigenvalue weighted by Gasteiger charge is 2.34. The van der Waals surface area contributed by atoms with Gasteiger partial charge in [0.25, 0.3) is 0 Å². The molecule has 27 heavy (non-hydrogen) atoms. The molecule has 0 bridgehead atoms. The van der Waals surface area contributed by atoms with Gasteiger partial charge in [0.15, 0.2) is 0 Å². The fraction of sp³-hybridized carbons (Fsp3) is 0.381. The molecule has 0 aliphatic carbocycles. The van der Waals surface area contributed by atoms with E-state index in [1.54, 1.807) is 0 Å². The highest BCUT2D eigenvalue weighted by molar-refractivity contribution is 5.95. The first-order valence-electron chi connectivity index (χ1n) is 9.47. The average Bonchev–Trinajstić information content (AvgIpc) is 3.22. The lowest BCUT2D eigenvalue weighted by atomic mass is 9.84. The van der Waals surface area contributed by atoms with Crippen molar-refractivity contribution in [1.82, 2.24) is 20.0 Å². The van der Waals surface area contributed by atoms with E-state index in [-0.39, 0.29) is 11.8 Å². The summed E-state index contributed by atoms with van der Waals surface area (Å²) in [5.41, 5.74) is 7.64. The van der Waals surface area contributed by atoms with Crippen LogP contribution >= 0.6 is 0 Å². The molecule has 6 heteroatoms. The number of H-pyrrole nitrogens is 1. The van der Waals surface area contributed by atoms with E-state index in [1.165, 1.54) is 11.1 Å². The molecule has 3 aromatic rings. The Kier molecular flexibility index (Phi) is 4.34. The number of nitrogens with one attached hydrogen (secondary N) is 2. The standard InChI is InChI=1S/C21H25N5O/c1-5-8-26-21-19(14(4)25-26)16(10-18(27)23-21)17-11-22-24-20(17)15-9-12(2)6-7-13(15)3/h6-7,9,11,16H,5,8,10H2,1-4H3,(H,22,24)(H,23,27). The molecule has 6 nitrogen and oxygen atoms in total. The van der Waals surface area contributed by atoms with Crippen LogP contribution in [0.2, 0.25) is 0 Å². The van der Waals surface area contributed by atoms with Gasteiger partial charge in [-0.25, -0.2) is 4.68 Å². The van der Waals surface area contributed by atoms with Gasteiger partial charge in [-0.15, -0.1) is 0 Å². The van der Waals surface area contributed by atoms with Crippen LogP contribution in [-0.2, 0) is 11.3 Å². The molecule has 0 saturated heterocycles. The van der Waals surface area contributed by atoms with Gasteiger partial charge >= 0.3 is 0 Å². The Morgan fingerprint density at radius 3 is 2.85 bits per heavy atom. The number of anilines is 1. The minimum atomic E-state index is -0.0481. The van der Waals surface area contributed by atoms with Gasteiger partial charge in [-0.05, 0) is 38.8 Å². The Hall–Kier alpha value is -2.89. The van der Waals surface area contributed by atoms with Gasteiger partial charge < -0.3 is 5.32 Å². The van der Waals surface area contributed by atoms with Crippen LogP contribution in [0, 0.1) is 20.8 Å². The van der Waals surface area contributed by atoms with Crippen molar-refractivity contribution in [2.45, 2.75) is 53.0 Å². The molecule has 1 aromatic carbocycles. The summed E-state index contributed by atoms with van der Waals surface area (Å²) in [6.07, 6.45) is 3.23. The Morgan fingerprint density at radius 2 is 2.07 bits per heavy atom. The number of rotatable bonds is 4. The van der Waals surface area contributed by atoms with Crippen molar-refractivity contribution in [3.05, 3.63) is 52.3 Å². The second-order valence-electron chi connectivity index (χ2n) is 7.39. The first kappa shape index (κ1) is 17.5. The zero-order valence-electron chi connectivity index (χ0n) is 16.3. The maximum atomic E-state index is 12.5. The van der Waals surface area contributed by atoms with Gasteiger partial charge in [0.1, 0.15) is 5.82 Å². The summed E-state index contributed by atoms with van der Waals surface area (Å²) >= 11 is 0. The molecule has 1 atom stereocenters. The highest BCUT2D eigenvalue weighted by Crippen LogP contribution is 2.42. The fourth-order valence-electron chi connectivity index (χ4n) is 4.03. The zero-order chi connectivity index (χ0) is 19.1. The smallest absolute Gasteiger partial charge is 0.226 e. The maximum absolute atomic E-state index is 12.5. The SMILES string of the molecule is CCCn1nc(C)c2c1NC(=O)CC2c1cn[nH]c1-c1cc(C)ccc1C. The largest absolute Gasteiger partial charge is 0.311 e. The fourth-order valence-corrected chi connectivity index (χ4v) is 4.03. The highest BCUT2D eigenvalue weighted by atomic mass is 16.1. The van der Waals surface area contributed by atoms with Crippen molar-refractivity contribution < 1.29 is 4.79 Å². The van der Waals surface area contributed by atoms with Crippen molar-refractivity contribution >= 4 is 11.7 Å². The van der Waals surface area contributed by atoms with Gasteiger partial charge in [0.05, 0.1) is 17.6 Å². The lowest BCUT2D eigenvalue weighted by Crippen LogP contribution is -2.25. The normalized spacial score (nSPS) is 16.3. The number of carbonyl (C=O) groups excluding carboxylic acids is 1. The van der Waals surface area contributed by atoms with Gasteiger partial charge in [-0.1, -0.05) is 24.6 Å². The predicted octanol–water partition coefficient (Wildman–Crippen LogP) is 4.08. The Balaban J connectivity index is 1.86. The lowest BCUT2D eigenvalue weighted by molar-refractivity contribution is -0.116. The third-order valence-corrected chi connectivity index (χ3v) is 5.31. The molecule has 1 amide bonds. The van der Waals surface area contributed by atoms with Crippen LogP contribution in [0.15, 0.2) is 24.4 Å². The van der Waals surface area contributed by atoms with E-state index < -0.39 is 0 Å². The number of hydrogen-bond donors (Lipinski definition) is 2. The van der Waals surface area contributed by atoms with E-state index >= 15 is 0 Å². The number of amides is 1. The molecule has 0 radical (unpaired) electrons. The Bertz CT molecular complexity index is 1010. The molecule has 0 fully saturated rings. The van der Waals surface area contributed by atoms with Crippen molar-refractivity contribution in [3.8, 4) is 11.3 Å². The number of fused-ring (bicyclic) bond motifs is 1. The molecule has 3 heterocycles. The zero-order valence-corrected chi connectivity index (χ0v) is 16.3. The maximum Gasteiger partial charge on any atom is 0.226 e. The summed E-state index contributed by atoms with van der Waals surface area (Å²) in [6.45, 7) is 9.11. The number of benzene rings is 1. The number of aromatic amines is 1. The van der Waals surface area contributed by atoms with Crippen LogP contribution in [-0.4, -0.2) is 25.9 Å². The van der Waals surface area contributed by atoms with Crippen molar-refractivity contribution in [2.75, 3.05) is 5.32 Å². The molecule has 2 aromatic heterocycles. The first-order valence-corrected chi connectivity index (χ1v) is 9.47. The van der Waals surface area contributed by atoms with Crippen LogP contribution in [0.5, 0.6) is 0 Å². The first-order chi connectivity index (χ1) is 13.0. The molecule has 0 spiro atoms. The van der Waals surface area contributed by atoms with Crippen molar-refractivity contribution in [1.29, 1.82) is 0 Å². The van der Waals surface area contributed by atoms with E-state index in [0.29, 0.717) is 6.42 Å². The van der Waals surface area contributed by atoms with Crippen LogP contribution in [0.3, 0.4) is 0 Å². The molecule has 2 N–H and O–H groups in total. The molecule has 1 aliphatic rings. The monoisotopic (exact) mass is 363 g/mol. The summed E-state index contributed by atoms with van der Waals surface area (Å²) in [6, 6.07) is 6.41. The molecule has 1 aliphatic heterocycles. The third kappa shape index (κ3) is 2.95. The van der Waals surface area contributed by atoms with E-state index in [4.69, 9.17) is 0 Å². The molecule has 140 valence electrons. The van der Waals surface area contributed by atoms with Crippen molar-refractivity contribution in [3.63, 3.8) is 0 Å². The minimum Gasteiger partial charge on any atom is -0.311 e. The second-order valence-corrected chi connectivity index (χ2v) is 7.39. The topological polar surface area (TPSA) is 75.6 Å². The summed E-state index contributed by atoms with van der Waals surface area (Å²) in [7, 11) is 0. The Morgan fingerprint density at radius 1 is 1.26 bits per heavy atom. The third-order valence-electron chi connectivity index (χ3n) is 5.31.